The molecule has 0 bridgehead atoms. The number of aryl methyl sites for hydroxylation is 1. The third-order valence-corrected chi connectivity index (χ3v) is 5.28. The smallest absolute Gasteiger partial charge is 0.0988 e. The lowest BCUT2D eigenvalue weighted by atomic mass is 9.79. The summed E-state index contributed by atoms with van der Waals surface area (Å²) in [5, 5.41) is 3.80. The van der Waals surface area contributed by atoms with Crippen molar-refractivity contribution in [1.29, 1.82) is 0 Å². The highest BCUT2D eigenvalue weighted by molar-refractivity contribution is 5.33. The molecule has 1 spiro atoms. The minimum atomic E-state index is 0.129. The number of nitrogens with one attached hydrogen (secondary N) is 1. The summed E-state index contributed by atoms with van der Waals surface area (Å²) in [5.74, 6) is 0. The summed E-state index contributed by atoms with van der Waals surface area (Å²) in [6.07, 6.45) is 9.24. The van der Waals surface area contributed by atoms with E-state index in [-0.39, 0.29) is 11.7 Å². The van der Waals surface area contributed by atoms with Crippen LogP contribution in [0.3, 0.4) is 0 Å². The second-order valence-corrected chi connectivity index (χ2v) is 6.51. The second-order valence-electron chi connectivity index (χ2n) is 6.51. The number of benzene rings is 1. The molecule has 2 unspecified atom stereocenters. The molecule has 1 aliphatic heterocycles. The van der Waals surface area contributed by atoms with Crippen LogP contribution in [0.1, 0.15) is 55.8 Å². The van der Waals surface area contributed by atoms with Gasteiger partial charge in [-0.25, -0.2) is 0 Å². The average molecular weight is 257 g/mol. The third kappa shape index (κ3) is 2.02. The van der Waals surface area contributed by atoms with Crippen molar-refractivity contribution in [3.8, 4) is 0 Å². The molecule has 19 heavy (non-hydrogen) atoms. The molecule has 0 amide bonds. The largest absolute Gasteiger partial charge is 0.364 e. The van der Waals surface area contributed by atoms with Gasteiger partial charge in [-0.2, -0.15) is 0 Å². The number of fused-ring (bicyclic) bond motifs is 3. The van der Waals surface area contributed by atoms with Gasteiger partial charge < -0.3 is 10.1 Å². The Balaban J connectivity index is 1.65. The van der Waals surface area contributed by atoms with Crippen LogP contribution >= 0.6 is 0 Å². The minimum absolute atomic E-state index is 0.129. The lowest BCUT2D eigenvalue weighted by Crippen LogP contribution is -2.57. The highest BCUT2D eigenvalue weighted by Gasteiger charge is 2.44. The summed E-state index contributed by atoms with van der Waals surface area (Å²) in [6, 6.07) is 9.40. The van der Waals surface area contributed by atoms with E-state index >= 15 is 0 Å². The zero-order chi connectivity index (χ0) is 12.7. The van der Waals surface area contributed by atoms with Crippen LogP contribution in [0.4, 0.5) is 0 Å². The van der Waals surface area contributed by atoms with Gasteiger partial charge in [0.1, 0.15) is 0 Å². The van der Waals surface area contributed by atoms with Crippen LogP contribution in [-0.4, -0.2) is 18.2 Å². The first-order valence-corrected chi connectivity index (χ1v) is 7.85. The lowest BCUT2D eigenvalue weighted by Gasteiger charge is -2.49. The molecule has 2 aliphatic carbocycles. The van der Waals surface area contributed by atoms with Crippen molar-refractivity contribution < 1.29 is 4.74 Å². The van der Waals surface area contributed by atoms with Gasteiger partial charge in [-0.05, 0) is 36.8 Å². The highest BCUT2D eigenvalue weighted by Crippen LogP contribution is 2.43. The Morgan fingerprint density at radius 2 is 1.95 bits per heavy atom. The van der Waals surface area contributed by atoms with Crippen molar-refractivity contribution in [1.82, 2.24) is 5.32 Å². The van der Waals surface area contributed by atoms with Crippen LogP contribution < -0.4 is 5.32 Å². The van der Waals surface area contributed by atoms with E-state index in [2.05, 4.69) is 29.6 Å². The maximum atomic E-state index is 6.68. The molecular formula is C17H23NO. The quantitative estimate of drug-likeness (QED) is 0.769. The fraction of sp³-hybridized carbons (Fsp3) is 0.647. The van der Waals surface area contributed by atoms with Gasteiger partial charge in [0.05, 0.1) is 11.7 Å². The summed E-state index contributed by atoms with van der Waals surface area (Å²) < 4.78 is 6.68. The molecule has 0 radical (unpaired) electrons. The molecule has 1 aromatic carbocycles. The molecule has 2 nitrogen and oxygen atoms in total. The van der Waals surface area contributed by atoms with Gasteiger partial charge in [0, 0.05) is 12.6 Å². The van der Waals surface area contributed by atoms with Gasteiger partial charge in [-0.1, -0.05) is 43.5 Å². The summed E-state index contributed by atoms with van der Waals surface area (Å²) in [6.45, 7) is 1.07. The number of hydrogen-bond acceptors (Lipinski definition) is 2. The van der Waals surface area contributed by atoms with Crippen LogP contribution in [0, 0.1) is 0 Å². The monoisotopic (exact) mass is 257 g/mol. The molecule has 1 heterocycles. The standard InChI is InChI=1S/C17H23NO/c1-4-10-17(11-5-1)12-18-15-9-8-13-6-2-3-7-14(13)16(15)19-17/h2-3,6-7,15-16,18H,1,4-5,8-12H2. The fourth-order valence-corrected chi connectivity index (χ4v) is 4.19. The Kier molecular flexibility index (Phi) is 2.89. The van der Waals surface area contributed by atoms with Crippen LogP contribution in [0.25, 0.3) is 0 Å². The molecule has 102 valence electrons. The zero-order valence-corrected chi connectivity index (χ0v) is 11.5. The molecule has 4 rings (SSSR count). The van der Waals surface area contributed by atoms with Crippen molar-refractivity contribution >= 4 is 0 Å². The highest BCUT2D eigenvalue weighted by atomic mass is 16.5. The maximum Gasteiger partial charge on any atom is 0.0988 e. The molecule has 2 atom stereocenters. The van der Waals surface area contributed by atoms with E-state index in [1.165, 1.54) is 56.1 Å². The maximum absolute atomic E-state index is 6.68. The van der Waals surface area contributed by atoms with E-state index in [4.69, 9.17) is 4.74 Å². The molecule has 1 aromatic rings. The third-order valence-electron chi connectivity index (χ3n) is 5.28. The van der Waals surface area contributed by atoms with E-state index in [9.17, 15) is 0 Å². The predicted molar refractivity (Wildman–Crippen MR) is 76.2 cm³/mol. The summed E-state index contributed by atoms with van der Waals surface area (Å²) in [4.78, 5) is 0. The van der Waals surface area contributed by atoms with Gasteiger partial charge in [-0.15, -0.1) is 0 Å². The predicted octanol–water partition coefficient (Wildman–Crippen LogP) is 3.37. The summed E-state index contributed by atoms with van der Waals surface area (Å²) in [5.41, 5.74) is 3.07. The first-order chi connectivity index (χ1) is 9.36. The molecule has 2 fully saturated rings. The van der Waals surface area contributed by atoms with Crippen molar-refractivity contribution in [2.45, 2.75) is 62.7 Å². The summed E-state index contributed by atoms with van der Waals surface area (Å²) in [7, 11) is 0. The second kappa shape index (κ2) is 4.60. The molecule has 1 saturated heterocycles. The van der Waals surface area contributed by atoms with E-state index in [0.717, 1.165) is 6.54 Å². The number of ether oxygens (including phenoxy) is 1. The van der Waals surface area contributed by atoms with E-state index in [0.29, 0.717) is 6.04 Å². The topological polar surface area (TPSA) is 21.3 Å². The Morgan fingerprint density at radius 3 is 2.84 bits per heavy atom. The Labute approximate surface area is 115 Å². The molecule has 1 saturated carbocycles. The van der Waals surface area contributed by atoms with Crippen LogP contribution in [0.2, 0.25) is 0 Å². The van der Waals surface area contributed by atoms with Crippen LogP contribution in [0.15, 0.2) is 24.3 Å². The van der Waals surface area contributed by atoms with Crippen molar-refractivity contribution in [2.75, 3.05) is 6.54 Å². The molecule has 0 aromatic heterocycles. The van der Waals surface area contributed by atoms with Crippen molar-refractivity contribution in [3.05, 3.63) is 35.4 Å². The number of rotatable bonds is 0. The van der Waals surface area contributed by atoms with Crippen LogP contribution in [0.5, 0.6) is 0 Å². The Hall–Kier alpha value is -0.860. The van der Waals surface area contributed by atoms with Gasteiger partial charge in [0.15, 0.2) is 0 Å². The lowest BCUT2D eigenvalue weighted by molar-refractivity contribution is -0.157. The molecule has 3 aliphatic rings. The van der Waals surface area contributed by atoms with E-state index < -0.39 is 0 Å². The first kappa shape index (κ1) is 11.9. The molecule has 1 N–H and O–H groups in total. The number of hydrogen-bond donors (Lipinski definition) is 1. The Bertz CT molecular complexity index is 464. The SMILES string of the molecule is c1ccc2c(c1)CCC1NCC3(CCCCC3)OC21. The van der Waals surface area contributed by atoms with Crippen LogP contribution in [-0.2, 0) is 11.2 Å². The normalized spacial score (nSPS) is 32.6. The zero-order valence-electron chi connectivity index (χ0n) is 11.5. The van der Waals surface area contributed by atoms with Gasteiger partial charge in [0.25, 0.3) is 0 Å². The fourth-order valence-electron chi connectivity index (χ4n) is 4.19. The average Bonchev–Trinajstić information content (AvgIpc) is 2.48. The van der Waals surface area contributed by atoms with Gasteiger partial charge in [0.2, 0.25) is 0 Å². The first-order valence-electron chi connectivity index (χ1n) is 7.85. The Morgan fingerprint density at radius 1 is 1.11 bits per heavy atom. The minimum Gasteiger partial charge on any atom is -0.364 e. The summed E-state index contributed by atoms with van der Waals surface area (Å²) >= 11 is 0. The molecule has 2 heteroatoms. The molecular weight excluding hydrogens is 234 g/mol. The van der Waals surface area contributed by atoms with Crippen molar-refractivity contribution in [3.63, 3.8) is 0 Å². The van der Waals surface area contributed by atoms with E-state index in [1.54, 1.807) is 0 Å². The van der Waals surface area contributed by atoms with E-state index in [1.807, 2.05) is 0 Å². The van der Waals surface area contributed by atoms with Crippen molar-refractivity contribution in [2.24, 2.45) is 0 Å². The van der Waals surface area contributed by atoms with Gasteiger partial charge >= 0.3 is 0 Å². The number of morpholine rings is 1. The van der Waals surface area contributed by atoms with Gasteiger partial charge in [-0.3, -0.25) is 0 Å².